The summed E-state index contributed by atoms with van der Waals surface area (Å²) in [5, 5.41) is 4.36. The maximum Gasteiger partial charge on any atom is 0.0918 e. The number of hydrogen-bond donors (Lipinski definition) is 0. The summed E-state index contributed by atoms with van der Waals surface area (Å²) in [5.74, 6) is 0.875. The van der Waals surface area contributed by atoms with E-state index in [2.05, 4.69) is 36.9 Å². The quantitative estimate of drug-likeness (QED) is 0.757. The molecule has 0 amide bonds. The van der Waals surface area contributed by atoms with Gasteiger partial charge in [-0.1, -0.05) is 13.0 Å². The Bertz CT molecular complexity index is 526. The van der Waals surface area contributed by atoms with Gasteiger partial charge in [0.15, 0.2) is 0 Å². The molecule has 1 atom stereocenters. The van der Waals surface area contributed by atoms with Gasteiger partial charge in [-0.3, -0.25) is 9.67 Å². The summed E-state index contributed by atoms with van der Waals surface area (Å²) >= 11 is 5.97. The second-order valence-electron chi connectivity index (χ2n) is 4.75. The van der Waals surface area contributed by atoms with Gasteiger partial charge < -0.3 is 0 Å². The van der Waals surface area contributed by atoms with E-state index in [4.69, 9.17) is 11.6 Å². The van der Waals surface area contributed by atoms with Crippen molar-refractivity contribution in [3.63, 3.8) is 0 Å². The molecular formula is C14H20Cl3N3. The van der Waals surface area contributed by atoms with E-state index in [0.717, 1.165) is 11.4 Å². The fourth-order valence-electron chi connectivity index (χ4n) is 2.03. The van der Waals surface area contributed by atoms with Crippen LogP contribution in [0.2, 0.25) is 0 Å². The fraction of sp³-hybridized carbons (Fsp3) is 0.429. The smallest absolute Gasteiger partial charge is 0.0918 e. The van der Waals surface area contributed by atoms with Crippen molar-refractivity contribution in [2.45, 2.75) is 32.7 Å². The number of halogens is 3. The molecule has 20 heavy (non-hydrogen) atoms. The Hall–Kier alpha value is -0.770. The highest BCUT2D eigenvalue weighted by Gasteiger charge is 2.16. The Morgan fingerprint density at radius 3 is 2.45 bits per heavy atom. The van der Waals surface area contributed by atoms with E-state index in [1.807, 2.05) is 29.2 Å². The topological polar surface area (TPSA) is 30.7 Å². The molecule has 0 bridgehead atoms. The van der Waals surface area contributed by atoms with Gasteiger partial charge in [0.2, 0.25) is 0 Å². The van der Waals surface area contributed by atoms with Crippen molar-refractivity contribution in [3.8, 4) is 11.4 Å². The minimum absolute atomic E-state index is 0. The standard InChI is InChI=1S/C14H18ClN3.2ClH/c1-10(2)18-13(6-8-17-18)14-12(11(3)9-15)5-4-7-16-14;;/h4-8,10-11H,9H2,1-3H3;2*1H. The molecule has 2 rings (SSSR count). The minimum Gasteiger partial charge on any atom is -0.261 e. The zero-order chi connectivity index (χ0) is 13.1. The first-order valence-corrected chi connectivity index (χ1v) is 6.73. The first-order valence-electron chi connectivity index (χ1n) is 6.20. The third kappa shape index (κ3) is 3.87. The van der Waals surface area contributed by atoms with Crippen LogP contribution < -0.4 is 0 Å². The van der Waals surface area contributed by atoms with Gasteiger partial charge in [0.05, 0.1) is 11.4 Å². The van der Waals surface area contributed by atoms with Gasteiger partial charge in [0.1, 0.15) is 0 Å². The average molecular weight is 337 g/mol. The van der Waals surface area contributed by atoms with Gasteiger partial charge in [-0.2, -0.15) is 5.10 Å². The number of rotatable bonds is 4. The second kappa shape index (κ2) is 8.50. The highest BCUT2D eigenvalue weighted by atomic mass is 35.5. The summed E-state index contributed by atoms with van der Waals surface area (Å²) in [6.45, 7) is 6.35. The first kappa shape index (κ1) is 19.2. The molecule has 0 aromatic carbocycles. The molecule has 0 spiro atoms. The van der Waals surface area contributed by atoms with Crippen molar-refractivity contribution >= 4 is 36.4 Å². The van der Waals surface area contributed by atoms with Crippen LogP contribution in [-0.4, -0.2) is 20.6 Å². The SMILES string of the molecule is CC(CCl)c1cccnc1-c1ccnn1C(C)C.Cl.Cl. The molecule has 0 saturated heterocycles. The molecule has 0 aliphatic rings. The molecule has 0 saturated carbocycles. The van der Waals surface area contributed by atoms with Crippen LogP contribution in [0.1, 0.15) is 38.3 Å². The van der Waals surface area contributed by atoms with Crippen LogP contribution in [0.4, 0.5) is 0 Å². The lowest BCUT2D eigenvalue weighted by atomic mass is 9.99. The number of alkyl halides is 1. The predicted octanol–water partition coefficient (Wildman–Crippen LogP) is 4.71. The zero-order valence-corrected chi connectivity index (χ0v) is 14.2. The monoisotopic (exact) mass is 335 g/mol. The minimum atomic E-state index is 0. The third-order valence-corrected chi connectivity index (χ3v) is 3.47. The Morgan fingerprint density at radius 1 is 1.15 bits per heavy atom. The highest BCUT2D eigenvalue weighted by Crippen LogP contribution is 2.28. The maximum absolute atomic E-state index is 5.97. The molecule has 2 aromatic rings. The molecule has 2 heterocycles. The molecule has 0 aliphatic carbocycles. The Labute approximate surface area is 137 Å². The molecule has 0 fully saturated rings. The molecular weight excluding hydrogens is 317 g/mol. The number of aromatic nitrogens is 3. The summed E-state index contributed by atoms with van der Waals surface area (Å²) in [6, 6.07) is 6.37. The summed E-state index contributed by atoms with van der Waals surface area (Å²) in [5.41, 5.74) is 3.21. The largest absolute Gasteiger partial charge is 0.261 e. The number of pyridine rings is 1. The van der Waals surface area contributed by atoms with E-state index in [0.29, 0.717) is 11.9 Å². The second-order valence-corrected chi connectivity index (χ2v) is 5.06. The highest BCUT2D eigenvalue weighted by molar-refractivity contribution is 6.18. The summed E-state index contributed by atoms with van der Waals surface area (Å²) < 4.78 is 1.99. The van der Waals surface area contributed by atoms with Gasteiger partial charge in [-0.15, -0.1) is 36.4 Å². The van der Waals surface area contributed by atoms with Crippen LogP contribution in [0, 0.1) is 0 Å². The first-order chi connectivity index (χ1) is 8.65. The molecule has 1 unspecified atom stereocenters. The van der Waals surface area contributed by atoms with E-state index in [9.17, 15) is 0 Å². The van der Waals surface area contributed by atoms with Crippen molar-refractivity contribution < 1.29 is 0 Å². The van der Waals surface area contributed by atoms with Crippen LogP contribution in [0.5, 0.6) is 0 Å². The average Bonchev–Trinajstić information content (AvgIpc) is 2.87. The molecule has 6 heteroatoms. The van der Waals surface area contributed by atoms with Gasteiger partial charge in [0, 0.05) is 24.3 Å². The van der Waals surface area contributed by atoms with Crippen LogP contribution in [0.15, 0.2) is 30.6 Å². The molecule has 3 nitrogen and oxygen atoms in total. The fourth-order valence-corrected chi connectivity index (χ4v) is 2.19. The molecule has 2 aromatic heterocycles. The van der Waals surface area contributed by atoms with E-state index in [1.54, 1.807) is 0 Å². The Balaban J connectivity index is 0.00000180. The number of hydrogen-bond acceptors (Lipinski definition) is 2. The van der Waals surface area contributed by atoms with Crippen LogP contribution in [0.3, 0.4) is 0 Å². The summed E-state index contributed by atoms with van der Waals surface area (Å²) in [7, 11) is 0. The molecule has 112 valence electrons. The van der Waals surface area contributed by atoms with E-state index in [-0.39, 0.29) is 30.7 Å². The molecule has 0 N–H and O–H groups in total. The predicted molar refractivity (Wildman–Crippen MR) is 89.5 cm³/mol. The van der Waals surface area contributed by atoms with Gasteiger partial charge in [0.25, 0.3) is 0 Å². The lowest BCUT2D eigenvalue weighted by molar-refractivity contribution is 0.537. The number of nitrogens with zero attached hydrogens (tertiary/aromatic N) is 3. The molecule has 0 radical (unpaired) electrons. The normalized spacial score (nSPS) is 11.7. The lowest BCUT2D eigenvalue weighted by Gasteiger charge is -2.16. The summed E-state index contributed by atoms with van der Waals surface area (Å²) in [4.78, 5) is 4.51. The Kier molecular flexibility index (Phi) is 8.17. The van der Waals surface area contributed by atoms with Crippen LogP contribution in [0.25, 0.3) is 11.4 Å². The lowest BCUT2D eigenvalue weighted by Crippen LogP contribution is -2.08. The van der Waals surface area contributed by atoms with E-state index < -0.39 is 0 Å². The maximum atomic E-state index is 5.97. The van der Waals surface area contributed by atoms with Gasteiger partial charge >= 0.3 is 0 Å². The van der Waals surface area contributed by atoms with Crippen molar-refractivity contribution in [1.82, 2.24) is 14.8 Å². The van der Waals surface area contributed by atoms with E-state index in [1.165, 1.54) is 5.56 Å². The van der Waals surface area contributed by atoms with Crippen molar-refractivity contribution in [3.05, 3.63) is 36.2 Å². The van der Waals surface area contributed by atoms with Gasteiger partial charge in [-0.05, 0) is 37.5 Å². The van der Waals surface area contributed by atoms with Gasteiger partial charge in [-0.25, -0.2) is 0 Å². The van der Waals surface area contributed by atoms with E-state index >= 15 is 0 Å². The van der Waals surface area contributed by atoms with Crippen LogP contribution in [-0.2, 0) is 0 Å². The molecule has 0 aliphatic heterocycles. The van der Waals surface area contributed by atoms with Crippen LogP contribution >= 0.6 is 36.4 Å². The Morgan fingerprint density at radius 2 is 1.85 bits per heavy atom. The van der Waals surface area contributed by atoms with Crippen molar-refractivity contribution in [2.24, 2.45) is 0 Å². The summed E-state index contributed by atoms with van der Waals surface area (Å²) in [6.07, 6.45) is 3.64. The zero-order valence-electron chi connectivity index (χ0n) is 11.8. The van der Waals surface area contributed by atoms with Crippen molar-refractivity contribution in [1.29, 1.82) is 0 Å². The van der Waals surface area contributed by atoms with Crippen molar-refractivity contribution in [2.75, 3.05) is 5.88 Å². The third-order valence-electron chi connectivity index (χ3n) is 3.00.